The van der Waals surface area contributed by atoms with Gasteiger partial charge in [0.1, 0.15) is 0 Å². The average molecular weight is 402 g/mol. The normalized spacial score (nSPS) is 11.5. The summed E-state index contributed by atoms with van der Waals surface area (Å²) in [6, 6.07) is 28.4. The average Bonchev–Trinajstić information content (AvgIpc) is 3.18. The molecule has 148 valence electrons. The lowest BCUT2D eigenvalue weighted by molar-refractivity contribution is 0.0605. The largest absolute Gasteiger partial charge is 0.465 e. The third-order valence-electron chi connectivity index (χ3n) is 5.91. The van der Waals surface area contributed by atoms with Crippen molar-refractivity contribution in [3.8, 4) is 11.3 Å². The predicted molar refractivity (Wildman–Crippen MR) is 124 cm³/mol. The second-order valence-corrected chi connectivity index (χ2v) is 7.55. The molecule has 31 heavy (non-hydrogen) atoms. The van der Waals surface area contributed by atoms with E-state index in [1.54, 1.807) is 0 Å². The van der Waals surface area contributed by atoms with Crippen molar-refractivity contribution >= 4 is 44.1 Å². The molecule has 0 aliphatic rings. The lowest BCUT2D eigenvalue weighted by Crippen LogP contribution is -2.01. The van der Waals surface area contributed by atoms with Crippen molar-refractivity contribution in [1.29, 1.82) is 0 Å². The summed E-state index contributed by atoms with van der Waals surface area (Å²) >= 11 is 0. The van der Waals surface area contributed by atoms with Crippen molar-refractivity contribution in [3.63, 3.8) is 0 Å². The Labute approximate surface area is 178 Å². The first-order valence-electron chi connectivity index (χ1n) is 10.2. The number of carbonyl (C=O) groups is 1. The van der Waals surface area contributed by atoms with Crippen LogP contribution in [0.3, 0.4) is 0 Å². The number of esters is 1. The standard InChI is InChI=1S/C27H18N2O2/c1-31-27(30)24-22-15-6-7-16-29(22)26-23(24)20-12-4-5-14-21(20)28-25(26)19-13-8-10-17-9-2-3-11-18(17)19/h2-16H,1H3. The molecule has 4 nitrogen and oxygen atoms in total. The van der Waals surface area contributed by atoms with Gasteiger partial charge in [-0.15, -0.1) is 0 Å². The molecule has 0 atom stereocenters. The van der Waals surface area contributed by atoms with Gasteiger partial charge in [-0.1, -0.05) is 66.7 Å². The summed E-state index contributed by atoms with van der Waals surface area (Å²) in [4.78, 5) is 18.0. The van der Waals surface area contributed by atoms with E-state index in [0.717, 1.165) is 49.4 Å². The number of benzene rings is 3. The van der Waals surface area contributed by atoms with Crippen LogP contribution >= 0.6 is 0 Å². The molecule has 0 N–H and O–H groups in total. The van der Waals surface area contributed by atoms with Gasteiger partial charge in [-0.3, -0.25) is 0 Å². The molecule has 0 unspecified atom stereocenters. The molecule has 6 aromatic rings. The van der Waals surface area contributed by atoms with E-state index in [9.17, 15) is 4.79 Å². The topological polar surface area (TPSA) is 43.6 Å². The Balaban J connectivity index is 1.91. The number of rotatable bonds is 2. The van der Waals surface area contributed by atoms with E-state index in [1.165, 1.54) is 7.11 Å². The second kappa shape index (κ2) is 6.67. The van der Waals surface area contributed by atoms with E-state index in [2.05, 4.69) is 34.7 Å². The molecule has 0 saturated carbocycles. The van der Waals surface area contributed by atoms with Crippen LogP contribution < -0.4 is 0 Å². The number of fused-ring (bicyclic) bond motifs is 6. The SMILES string of the molecule is COC(=O)c1c2c3ccccc3nc(-c3cccc4ccccc34)c2n2ccccc12. The number of aromatic nitrogens is 2. The Bertz CT molecular complexity index is 1640. The number of nitrogens with zero attached hydrogens (tertiary/aromatic N) is 2. The molecule has 3 heterocycles. The molecule has 3 aromatic carbocycles. The van der Waals surface area contributed by atoms with Gasteiger partial charge in [0.2, 0.25) is 0 Å². The first-order valence-corrected chi connectivity index (χ1v) is 10.2. The zero-order chi connectivity index (χ0) is 20.9. The number of methoxy groups -OCH3 is 1. The minimum atomic E-state index is -0.348. The van der Waals surface area contributed by atoms with Crippen molar-refractivity contribution < 1.29 is 9.53 Å². The van der Waals surface area contributed by atoms with Gasteiger partial charge in [0.25, 0.3) is 0 Å². The molecule has 0 aliphatic heterocycles. The molecular weight excluding hydrogens is 384 g/mol. The van der Waals surface area contributed by atoms with E-state index in [4.69, 9.17) is 9.72 Å². The molecule has 0 spiro atoms. The van der Waals surface area contributed by atoms with Gasteiger partial charge in [0, 0.05) is 22.5 Å². The molecule has 3 aromatic heterocycles. The molecule has 0 saturated heterocycles. The highest BCUT2D eigenvalue weighted by atomic mass is 16.5. The third-order valence-corrected chi connectivity index (χ3v) is 5.91. The van der Waals surface area contributed by atoms with Gasteiger partial charge in [-0.05, 0) is 29.0 Å². The van der Waals surface area contributed by atoms with Gasteiger partial charge in [-0.2, -0.15) is 0 Å². The summed E-state index contributed by atoms with van der Waals surface area (Å²) in [7, 11) is 1.43. The quantitative estimate of drug-likeness (QED) is 0.322. The smallest absolute Gasteiger partial charge is 0.340 e. The fourth-order valence-electron chi connectivity index (χ4n) is 4.59. The van der Waals surface area contributed by atoms with Gasteiger partial charge >= 0.3 is 5.97 Å². The van der Waals surface area contributed by atoms with Crippen molar-refractivity contribution in [2.24, 2.45) is 0 Å². The van der Waals surface area contributed by atoms with Crippen LogP contribution in [0, 0.1) is 0 Å². The second-order valence-electron chi connectivity index (χ2n) is 7.55. The van der Waals surface area contributed by atoms with Crippen LogP contribution in [0.2, 0.25) is 0 Å². The third kappa shape index (κ3) is 2.48. The minimum absolute atomic E-state index is 0.348. The van der Waals surface area contributed by atoms with Gasteiger partial charge < -0.3 is 9.14 Å². The molecule has 0 fully saturated rings. The summed E-state index contributed by atoms with van der Waals surface area (Å²) < 4.78 is 7.26. The van der Waals surface area contributed by atoms with Crippen LogP contribution in [0.15, 0.2) is 91.1 Å². The monoisotopic (exact) mass is 402 g/mol. The highest BCUT2D eigenvalue weighted by molar-refractivity contribution is 6.23. The number of carbonyl (C=O) groups excluding carboxylic acids is 1. The van der Waals surface area contributed by atoms with E-state index in [1.807, 2.05) is 60.8 Å². The number of hydrogen-bond donors (Lipinski definition) is 0. The highest BCUT2D eigenvalue weighted by Gasteiger charge is 2.24. The van der Waals surface area contributed by atoms with E-state index < -0.39 is 0 Å². The molecule has 0 bridgehead atoms. The Morgan fingerprint density at radius 3 is 2.45 bits per heavy atom. The summed E-state index contributed by atoms with van der Waals surface area (Å²) in [5.74, 6) is -0.348. The Morgan fingerprint density at radius 1 is 0.839 bits per heavy atom. The highest BCUT2D eigenvalue weighted by Crippen LogP contribution is 2.40. The van der Waals surface area contributed by atoms with Crippen LogP contribution in [-0.2, 0) is 4.74 Å². The maximum absolute atomic E-state index is 13.0. The fraction of sp³-hybridized carbons (Fsp3) is 0.0370. The number of ether oxygens (including phenoxy) is 1. The van der Waals surface area contributed by atoms with E-state index in [-0.39, 0.29) is 5.97 Å². The van der Waals surface area contributed by atoms with Gasteiger partial charge in [-0.25, -0.2) is 9.78 Å². The predicted octanol–water partition coefficient (Wildman–Crippen LogP) is 6.25. The van der Waals surface area contributed by atoms with Crippen molar-refractivity contribution in [1.82, 2.24) is 9.38 Å². The van der Waals surface area contributed by atoms with Crippen LogP contribution in [-0.4, -0.2) is 22.5 Å². The van der Waals surface area contributed by atoms with Crippen molar-refractivity contribution in [2.75, 3.05) is 7.11 Å². The van der Waals surface area contributed by atoms with Crippen LogP contribution in [0.1, 0.15) is 10.4 Å². The Hall–Kier alpha value is -4.18. The lowest BCUT2D eigenvalue weighted by Gasteiger charge is -2.11. The fourth-order valence-corrected chi connectivity index (χ4v) is 4.59. The van der Waals surface area contributed by atoms with Crippen molar-refractivity contribution in [3.05, 3.63) is 96.7 Å². The number of para-hydroxylation sites is 1. The van der Waals surface area contributed by atoms with Crippen LogP contribution in [0.4, 0.5) is 0 Å². The zero-order valence-electron chi connectivity index (χ0n) is 16.9. The van der Waals surface area contributed by atoms with Crippen LogP contribution in [0.25, 0.3) is 49.4 Å². The number of pyridine rings is 2. The van der Waals surface area contributed by atoms with Gasteiger partial charge in [0.05, 0.1) is 34.9 Å². The zero-order valence-corrected chi connectivity index (χ0v) is 16.9. The van der Waals surface area contributed by atoms with E-state index >= 15 is 0 Å². The van der Waals surface area contributed by atoms with Crippen molar-refractivity contribution in [2.45, 2.75) is 0 Å². The summed E-state index contributed by atoms with van der Waals surface area (Å²) in [6.45, 7) is 0. The molecule has 0 amide bonds. The molecule has 0 radical (unpaired) electrons. The molecule has 4 heteroatoms. The summed E-state index contributed by atoms with van der Waals surface area (Å²) in [6.07, 6.45) is 1.98. The first-order chi connectivity index (χ1) is 15.3. The first kappa shape index (κ1) is 17.7. The Morgan fingerprint density at radius 2 is 1.58 bits per heavy atom. The van der Waals surface area contributed by atoms with Crippen LogP contribution in [0.5, 0.6) is 0 Å². The molecular formula is C27H18N2O2. The minimum Gasteiger partial charge on any atom is -0.465 e. The lowest BCUT2D eigenvalue weighted by atomic mass is 9.98. The number of hydrogen-bond acceptors (Lipinski definition) is 3. The molecule has 6 rings (SSSR count). The summed E-state index contributed by atoms with van der Waals surface area (Å²) in [5, 5.41) is 4.08. The maximum atomic E-state index is 13.0. The van der Waals surface area contributed by atoms with E-state index in [0.29, 0.717) is 5.56 Å². The van der Waals surface area contributed by atoms with Gasteiger partial charge in [0.15, 0.2) is 0 Å². The summed E-state index contributed by atoms with van der Waals surface area (Å²) in [5.41, 5.74) is 5.02. The molecule has 0 aliphatic carbocycles. The Kier molecular flexibility index (Phi) is 3.80. The maximum Gasteiger partial charge on any atom is 0.340 e.